The van der Waals surface area contributed by atoms with Crippen molar-refractivity contribution in [3.63, 3.8) is 0 Å². The van der Waals surface area contributed by atoms with Crippen LogP contribution in [0.15, 0.2) is 140 Å². The minimum atomic E-state index is -0.170. The molecule has 0 N–H and O–H groups in total. The van der Waals surface area contributed by atoms with Crippen LogP contribution < -0.4 is 4.74 Å². The van der Waals surface area contributed by atoms with Crippen molar-refractivity contribution in [3.05, 3.63) is 127 Å². The second kappa shape index (κ2) is 9.09. The van der Waals surface area contributed by atoms with E-state index in [1.54, 1.807) is 0 Å². The summed E-state index contributed by atoms with van der Waals surface area (Å²) in [6.45, 7) is 4.37. The fourth-order valence-electron chi connectivity index (χ4n) is 4.34. The molecule has 3 heteroatoms. The van der Waals surface area contributed by atoms with Crippen LogP contribution >= 0.6 is 11.8 Å². The molecular formula is C31H23OS2+. The maximum absolute atomic E-state index is 6.33. The van der Waals surface area contributed by atoms with E-state index in [2.05, 4.69) is 116 Å². The van der Waals surface area contributed by atoms with Gasteiger partial charge in [0, 0.05) is 10.8 Å². The van der Waals surface area contributed by atoms with E-state index in [4.69, 9.17) is 4.74 Å². The van der Waals surface area contributed by atoms with Crippen molar-refractivity contribution in [3.8, 4) is 5.75 Å². The van der Waals surface area contributed by atoms with Gasteiger partial charge in [-0.15, -0.1) is 0 Å². The highest BCUT2D eigenvalue weighted by Crippen LogP contribution is 2.49. The van der Waals surface area contributed by atoms with Crippen molar-refractivity contribution in [2.24, 2.45) is 0 Å². The molecule has 0 saturated heterocycles. The van der Waals surface area contributed by atoms with Gasteiger partial charge in [-0.05, 0) is 53.6 Å². The average molecular weight is 476 g/mol. The van der Waals surface area contributed by atoms with Crippen LogP contribution in [-0.4, -0.2) is 0 Å². The monoisotopic (exact) mass is 475 g/mol. The number of benzene rings is 5. The Kier molecular flexibility index (Phi) is 5.66. The molecule has 1 aliphatic heterocycles. The molecule has 0 amide bonds. The minimum absolute atomic E-state index is 0.170. The minimum Gasteiger partial charge on any atom is -0.488 e. The van der Waals surface area contributed by atoms with Gasteiger partial charge in [-0.2, -0.15) is 0 Å². The summed E-state index contributed by atoms with van der Waals surface area (Å²) in [7, 11) is -0.170. The zero-order valence-corrected chi connectivity index (χ0v) is 20.2. The Morgan fingerprint density at radius 1 is 0.647 bits per heavy atom. The van der Waals surface area contributed by atoms with Crippen molar-refractivity contribution in [2.45, 2.75) is 31.1 Å². The summed E-state index contributed by atoms with van der Waals surface area (Å²) in [4.78, 5) is 6.83. The molecule has 0 bridgehead atoms. The van der Waals surface area contributed by atoms with Crippen LogP contribution in [0.1, 0.15) is 11.1 Å². The van der Waals surface area contributed by atoms with E-state index in [0.29, 0.717) is 6.61 Å². The molecule has 0 radical (unpaired) electrons. The molecule has 0 saturated carbocycles. The van der Waals surface area contributed by atoms with E-state index in [1.807, 2.05) is 17.8 Å². The topological polar surface area (TPSA) is 9.23 Å². The summed E-state index contributed by atoms with van der Waals surface area (Å²) < 4.78 is 6.33. The normalized spacial score (nSPS) is 12.7. The van der Waals surface area contributed by atoms with Gasteiger partial charge < -0.3 is 4.74 Å². The second-order valence-electron chi connectivity index (χ2n) is 8.14. The summed E-state index contributed by atoms with van der Waals surface area (Å²) in [6, 6.07) is 39.0. The first-order valence-electron chi connectivity index (χ1n) is 11.3. The van der Waals surface area contributed by atoms with Gasteiger partial charge in [-0.3, -0.25) is 0 Å². The highest BCUT2D eigenvalue weighted by Gasteiger charge is 2.39. The molecule has 0 aliphatic carbocycles. The molecular weight excluding hydrogens is 452 g/mol. The average Bonchev–Trinajstić information content (AvgIpc) is 2.91. The Balaban J connectivity index is 1.43. The van der Waals surface area contributed by atoms with Gasteiger partial charge in [-0.25, -0.2) is 0 Å². The van der Waals surface area contributed by atoms with Crippen molar-refractivity contribution in [2.75, 3.05) is 0 Å². The van der Waals surface area contributed by atoms with Crippen LogP contribution in [0.4, 0.5) is 0 Å². The number of hydrogen-bond acceptors (Lipinski definition) is 2. The van der Waals surface area contributed by atoms with E-state index in [-0.39, 0.29) is 10.9 Å². The summed E-state index contributed by atoms with van der Waals surface area (Å²) in [5.74, 6) is 0.920. The van der Waals surface area contributed by atoms with Gasteiger partial charge in [0.2, 0.25) is 0 Å². The first-order chi connectivity index (χ1) is 16.8. The molecule has 1 aliphatic rings. The lowest BCUT2D eigenvalue weighted by Crippen LogP contribution is -2.11. The first-order valence-corrected chi connectivity index (χ1v) is 13.3. The lowest BCUT2D eigenvalue weighted by Gasteiger charge is -2.20. The number of ether oxygens (including phenoxy) is 1. The molecule has 34 heavy (non-hydrogen) atoms. The van der Waals surface area contributed by atoms with Gasteiger partial charge in [0.05, 0.1) is 9.79 Å². The van der Waals surface area contributed by atoms with Gasteiger partial charge in [0.25, 0.3) is 0 Å². The molecule has 0 atom stereocenters. The Labute approximate surface area is 207 Å². The van der Waals surface area contributed by atoms with E-state index >= 15 is 0 Å². The molecule has 0 unspecified atom stereocenters. The molecule has 0 fully saturated rings. The third-order valence-electron chi connectivity index (χ3n) is 6.03. The van der Waals surface area contributed by atoms with Crippen molar-refractivity contribution in [1.29, 1.82) is 0 Å². The lowest BCUT2D eigenvalue weighted by atomic mass is 10.1. The smallest absolute Gasteiger partial charge is 0.180 e. The fraction of sp³-hybridized carbons (Fsp3) is 0.0323. The van der Waals surface area contributed by atoms with Crippen molar-refractivity contribution >= 4 is 39.5 Å². The SMILES string of the molecule is C=Cc1ccc(COc2ccc([S+]3c4ccccc4Sc4ccccc43)c3ccccc23)cc1. The zero-order valence-electron chi connectivity index (χ0n) is 18.6. The molecule has 0 aromatic heterocycles. The largest absolute Gasteiger partial charge is 0.488 e. The molecule has 0 spiro atoms. The predicted octanol–water partition coefficient (Wildman–Crippen LogP) is 8.62. The van der Waals surface area contributed by atoms with Crippen molar-refractivity contribution in [1.82, 2.24) is 0 Å². The lowest BCUT2D eigenvalue weighted by molar-refractivity contribution is 0.310. The maximum Gasteiger partial charge on any atom is 0.180 e. The molecule has 1 heterocycles. The van der Waals surface area contributed by atoms with Crippen LogP contribution in [0, 0.1) is 0 Å². The van der Waals surface area contributed by atoms with Gasteiger partial charge in [0.15, 0.2) is 14.7 Å². The van der Waals surface area contributed by atoms with Crippen LogP contribution in [0.3, 0.4) is 0 Å². The Morgan fingerprint density at radius 3 is 1.94 bits per heavy atom. The third kappa shape index (κ3) is 3.81. The Bertz CT molecular complexity index is 1460. The first kappa shape index (κ1) is 21.2. The summed E-state index contributed by atoms with van der Waals surface area (Å²) in [5, 5.41) is 2.41. The number of fused-ring (bicyclic) bond motifs is 3. The third-order valence-corrected chi connectivity index (χ3v) is 9.83. The standard InChI is InChI=1S/C31H23OS2/c1-2-22-15-17-23(18-16-22)21-32-26-19-20-29(25-10-4-3-9-24(25)26)34-30-13-7-5-11-27(30)33-28-12-6-8-14-31(28)34/h2-20H,1,21H2/q+1. The summed E-state index contributed by atoms with van der Waals surface area (Å²) in [6.07, 6.45) is 1.86. The van der Waals surface area contributed by atoms with Gasteiger partial charge >= 0.3 is 0 Å². The van der Waals surface area contributed by atoms with Crippen LogP contribution in [0.2, 0.25) is 0 Å². The van der Waals surface area contributed by atoms with E-state index in [1.165, 1.54) is 29.9 Å². The fourth-order valence-corrected chi connectivity index (χ4v) is 8.24. The predicted molar refractivity (Wildman–Crippen MR) is 144 cm³/mol. The van der Waals surface area contributed by atoms with Crippen LogP contribution in [0.5, 0.6) is 5.75 Å². The number of rotatable bonds is 5. The second-order valence-corrected chi connectivity index (χ2v) is 11.2. The zero-order chi connectivity index (χ0) is 22.9. The Morgan fingerprint density at radius 2 is 1.26 bits per heavy atom. The molecule has 6 rings (SSSR count). The van der Waals surface area contributed by atoms with E-state index in [9.17, 15) is 0 Å². The number of hydrogen-bond donors (Lipinski definition) is 0. The Hall–Kier alpha value is -3.40. The van der Waals surface area contributed by atoms with Crippen molar-refractivity contribution < 1.29 is 4.74 Å². The maximum atomic E-state index is 6.33. The van der Waals surface area contributed by atoms with E-state index < -0.39 is 0 Å². The van der Waals surface area contributed by atoms with Crippen LogP contribution in [0.25, 0.3) is 16.8 Å². The van der Waals surface area contributed by atoms with E-state index in [0.717, 1.165) is 22.3 Å². The molecule has 164 valence electrons. The molecule has 5 aromatic carbocycles. The highest BCUT2D eigenvalue weighted by molar-refractivity contribution is 8.04. The van der Waals surface area contributed by atoms with Gasteiger partial charge in [0.1, 0.15) is 23.3 Å². The summed E-state index contributed by atoms with van der Waals surface area (Å²) >= 11 is 1.87. The van der Waals surface area contributed by atoms with Crippen LogP contribution in [-0.2, 0) is 17.5 Å². The summed E-state index contributed by atoms with van der Waals surface area (Å²) in [5.41, 5.74) is 2.26. The molecule has 5 aromatic rings. The highest BCUT2D eigenvalue weighted by atomic mass is 32.2. The quantitative estimate of drug-likeness (QED) is 0.231. The van der Waals surface area contributed by atoms with Gasteiger partial charge in [-0.1, -0.05) is 91.1 Å². The molecule has 1 nitrogen and oxygen atoms in total.